The second-order valence-electron chi connectivity index (χ2n) is 3.00. The molecule has 0 aliphatic heterocycles. The average Bonchev–Trinajstić information content (AvgIpc) is 2.00. The van der Waals surface area contributed by atoms with Gasteiger partial charge in [-0.3, -0.25) is 0 Å². The minimum atomic E-state index is -0.121. The first-order chi connectivity index (χ1) is 5.54. The van der Waals surface area contributed by atoms with Crippen molar-refractivity contribution in [3.8, 4) is 0 Å². The van der Waals surface area contributed by atoms with Gasteiger partial charge < -0.3 is 0 Å². The normalized spacial score (nSPS) is 13.1. The van der Waals surface area contributed by atoms with Crippen molar-refractivity contribution in [3.63, 3.8) is 0 Å². The predicted octanol–water partition coefficient (Wildman–Crippen LogP) is 3.90. The molecule has 0 heterocycles. The lowest BCUT2D eigenvalue weighted by molar-refractivity contribution is 0.615. The SMILES string of the molecule is Cc1c(F)ccc(C(C)Br)c1C. The monoisotopic (exact) mass is 230 g/mol. The summed E-state index contributed by atoms with van der Waals surface area (Å²) in [6.07, 6.45) is 0. The van der Waals surface area contributed by atoms with Gasteiger partial charge in [0.2, 0.25) is 0 Å². The second kappa shape index (κ2) is 3.56. The standard InChI is InChI=1S/C10H12BrF/c1-6-7(2)10(12)5-4-9(6)8(3)11/h4-5,8H,1-3H3. The highest BCUT2D eigenvalue weighted by Gasteiger charge is 2.08. The zero-order chi connectivity index (χ0) is 9.30. The van der Waals surface area contributed by atoms with Gasteiger partial charge in [0.15, 0.2) is 0 Å². The van der Waals surface area contributed by atoms with E-state index in [4.69, 9.17) is 0 Å². The Balaban J connectivity index is 3.27. The van der Waals surface area contributed by atoms with Crippen LogP contribution >= 0.6 is 15.9 Å². The molecular weight excluding hydrogens is 219 g/mol. The Morgan fingerprint density at radius 3 is 2.33 bits per heavy atom. The van der Waals surface area contributed by atoms with E-state index < -0.39 is 0 Å². The molecule has 66 valence electrons. The third-order valence-corrected chi connectivity index (χ3v) is 2.68. The molecule has 1 aromatic rings. The molecule has 0 aliphatic rings. The molecule has 0 saturated heterocycles. The molecule has 0 aliphatic carbocycles. The number of halogens is 2. The molecule has 0 saturated carbocycles. The van der Waals surface area contributed by atoms with Gasteiger partial charge in [0, 0.05) is 4.83 Å². The van der Waals surface area contributed by atoms with E-state index in [1.165, 1.54) is 6.07 Å². The van der Waals surface area contributed by atoms with E-state index in [0.717, 1.165) is 16.7 Å². The van der Waals surface area contributed by atoms with Crippen molar-refractivity contribution in [1.82, 2.24) is 0 Å². The lowest BCUT2D eigenvalue weighted by atomic mass is 10.0. The molecule has 0 N–H and O–H groups in total. The molecule has 1 aromatic carbocycles. The summed E-state index contributed by atoms with van der Waals surface area (Å²) in [5.41, 5.74) is 2.95. The lowest BCUT2D eigenvalue weighted by Gasteiger charge is -2.10. The molecular formula is C10H12BrF. The molecule has 1 atom stereocenters. The first-order valence-corrected chi connectivity index (χ1v) is 4.85. The van der Waals surface area contributed by atoms with Gasteiger partial charge >= 0.3 is 0 Å². The molecule has 0 radical (unpaired) electrons. The topological polar surface area (TPSA) is 0 Å². The summed E-state index contributed by atoms with van der Waals surface area (Å²) in [5.74, 6) is -0.121. The number of hydrogen-bond acceptors (Lipinski definition) is 0. The van der Waals surface area contributed by atoms with Gasteiger partial charge in [0.05, 0.1) is 0 Å². The van der Waals surface area contributed by atoms with Crippen LogP contribution in [0.25, 0.3) is 0 Å². The highest BCUT2D eigenvalue weighted by molar-refractivity contribution is 9.09. The zero-order valence-corrected chi connectivity index (χ0v) is 9.07. The van der Waals surface area contributed by atoms with Crippen molar-refractivity contribution >= 4 is 15.9 Å². The minimum absolute atomic E-state index is 0.121. The molecule has 1 unspecified atom stereocenters. The van der Waals surface area contributed by atoms with Crippen LogP contribution in [-0.4, -0.2) is 0 Å². The van der Waals surface area contributed by atoms with Crippen LogP contribution in [0.3, 0.4) is 0 Å². The summed E-state index contributed by atoms with van der Waals surface area (Å²) >= 11 is 3.47. The van der Waals surface area contributed by atoms with Gasteiger partial charge in [-0.2, -0.15) is 0 Å². The van der Waals surface area contributed by atoms with Crippen LogP contribution in [0, 0.1) is 19.7 Å². The number of rotatable bonds is 1. The van der Waals surface area contributed by atoms with E-state index in [2.05, 4.69) is 15.9 Å². The Kier molecular flexibility index (Phi) is 2.89. The van der Waals surface area contributed by atoms with Gasteiger partial charge in [-0.15, -0.1) is 0 Å². The Bertz CT molecular complexity index is 292. The maximum absolute atomic E-state index is 13.0. The molecule has 0 spiro atoms. The first kappa shape index (κ1) is 9.72. The maximum atomic E-state index is 13.0. The zero-order valence-electron chi connectivity index (χ0n) is 7.49. The molecule has 2 heteroatoms. The minimum Gasteiger partial charge on any atom is -0.207 e. The summed E-state index contributed by atoms with van der Waals surface area (Å²) in [6, 6.07) is 3.35. The van der Waals surface area contributed by atoms with E-state index in [0.29, 0.717) is 0 Å². The highest BCUT2D eigenvalue weighted by Crippen LogP contribution is 2.27. The quantitative estimate of drug-likeness (QED) is 0.643. The third-order valence-electron chi connectivity index (χ3n) is 2.19. The van der Waals surface area contributed by atoms with E-state index >= 15 is 0 Å². The summed E-state index contributed by atoms with van der Waals surface area (Å²) in [4.78, 5) is 0.289. The fourth-order valence-electron chi connectivity index (χ4n) is 1.24. The van der Waals surface area contributed by atoms with Crippen molar-refractivity contribution in [2.45, 2.75) is 25.6 Å². The Labute approximate surface area is 80.9 Å². The van der Waals surface area contributed by atoms with Crippen molar-refractivity contribution in [2.24, 2.45) is 0 Å². The lowest BCUT2D eigenvalue weighted by Crippen LogP contribution is -1.95. The van der Waals surface area contributed by atoms with Gasteiger partial charge in [0.1, 0.15) is 5.82 Å². The summed E-state index contributed by atoms with van der Waals surface area (Å²) < 4.78 is 13.0. The molecule has 0 bridgehead atoms. The van der Waals surface area contributed by atoms with Crippen LogP contribution in [0.2, 0.25) is 0 Å². The van der Waals surface area contributed by atoms with Gasteiger partial charge in [-0.1, -0.05) is 22.0 Å². The maximum Gasteiger partial charge on any atom is 0.126 e. The Morgan fingerprint density at radius 1 is 1.25 bits per heavy atom. The van der Waals surface area contributed by atoms with Gasteiger partial charge in [-0.05, 0) is 43.5 Å². The summed E-state index contributed by atoms with van der Waals surface area (Å²) in [5, 5.41) is 0. The van der Waals surface area contributed by atoms with Crippen molar-refractivity contribution in [3.05, 3.63) is 34.6 Å². The number of hydrogen-bond donors (Lipinski definition) is 0. The van der Waals surface area contributed by atoms with E-state index in [9.17, 15) is 4.39 Å². The molecule has 0 aromatic heterocycles. The molecule has 0 fully saturated rings. The van der Waals surface area contributed by atoms with Crippen LogP contribution in [0.5, 0.6) is 0 Å². The molecule has 1 rings (SSSR count). The van der Waals surface area contributed by atoms with Gasteiger partial charge in [0.25, 0.3) is 0 Å². The van der Waals surface area contributed by atoms with Gasteiger partial charge in [-0.25, -0.2) is 4.39 Å². The van der Waals surface area contributed by atoms with Crippen LogP contribution < -0.4 is 0 Å². The van der Waals surface area contributed by atoms with E-state index in [1.54, 1.807) is 0 Å². The van der Waals surface area contributed by atoms with Crippen molar-refractivity contribution in [1.29, 1.82) is 0 Å². The number of alkyl halides is 1. The molecule has 0 amide bonds. The predicted molar refractivity (Wildman–Crippen MR) is 53.2 cm³/mol. The molecule has 12 heavy (non-hydrogen) atoms. The fourth-order valence-corrected chi connectivity index (χ4v) is 1.74. The Morgan fingerprint density at radius 2 is 1.83 bits per heavy atom. The van der Waals surface area contributed by atoms with E-state index in [1.807, 2.05) is 26.8 Å². The smallest absolute Gasteiger partial charge is 0.126 e. The van der Waals surface area contributed by atoms with Crippen LogP contribution in [0.1, 0.15) is 28.4 Å². The largest absolute Gasteiger partial charge is 0.207 e. The highest BCUT2D eigenvalue weighted by atomic mass is 79.9. The second-order valence-corrected chi connectivity index (χ2v) is 4.38. The average molecular weight is 231 g/mol. The van der Waals surface area contributed by atoms with Crippen molar-refractivity contribution < 1.29 is 4.39 Å². The third kappa shape index (κ3) is 1.69. The summed E-state index contributed by atoms with van der Waals surface area (Å²) in [6.45, 7) is 5.80. The summed E-state index contributed by atoms with van der Waals surface area (Å²) in [7, 11) is 0. The number of benzene rings is 1. The van der Waals surface area contributed by atoms with E-state index in [-0.39, 0.29) is 10.6 Å². The first-order valence-electron chi connectivity index (χ1n) is 3.93. The fraction of sp³-hybridized carbons (Fsp3) is 0.400. The Hall–Kier alpha value is -0.370. The molecule has 0 nitrogen and oxygen atoms in total. The van der Waals surface area contributed by atoms with Crippen molar-refractivity contribution in [2.75, 3.05) is 0 Å². The van der Waals surface area contributed by atoms with Crippen LogP contribution in [0.15, 0.2) is 12.1 Å². The van der Waals surface area contributed by atoms with Crippen LogP contribution in [0.4, 0.5) is 4.39 Å². The van der Waals surface area contributed by atoms with Crippen LogP contribution in [-0.2, 0) is 0 Å².